The van der Waals surface area contributed by atoms with Crippen LogP contribution in [-0.2, 0) is 21.3 Å². The smallest absolute Gasteiger partial charge is 0.230 e. The number of primary amides is 1. The summed E-state index contributed by atoms with van der Waals surface area (Å²) in [4.78, 5) is 10.7. The molecule has 0 heterocycles. The van der Waals surface area contributed by atoms with Crippen molar-refractivity contribution >= 4 is 16.7 Å². The molecule has 0 aliphatic heterocycles. The van der Waals surface area contributed by atoms with Crippen LogP contribution in [0.1, 0.15) is 5.56 Å². The van der Waals surface area contributed by atoms with Gasteiger partial charge in [-0.1, -0.05) is 30.3 Å². The van der Waals surface area contributed by atoms with Crippen LogP contribution in [0.2, 0.25) is 0 Å². The standard InChI is InChI=1S/C15H13F2NO2S/c16-13-5-4-12(7-14(13)17)11-3-1-2-10(6-11)8-21(20)9-15(18)19/h1-7H,8-9H2,(H2,18,19)/t21-/m1/s1. The van der Waals surface area contributed by atoms with Gasteiger partial charge in [-0.3, -0.25) is 9.00 Å². The van der Waals surface area contributed by atoms with E-state index in [2.05, 4.69) is 0 Å². The van der Waals surface area contributed by atoms with Crippen molar-refractivity contribution < 1.29 is 17.8 Å². The molecule has 0 bridgehead atoms. The second kappa shape index (κ2) is 6.58. The molecular formula is C15H13F2NO2S. The zero-order chi connectivity index (χ0) is 15.4. The summed E-state index contributed by atoms with van der Waals surface area (Å²) in [5.41, 5.74) is 6.93. The Morgan fingerprint density at radius 1 is 1.05 bits per heavy atom. The van der Waals surface area contributed by atoms with E-state index in [1.165, 1.54) is 6.07 Å². The number of rotatable bonds is 5. The van der Waals surface area contributed by atoms with Crippen molar-refractivity contribution in [3.05, 3.63) is 59.7 Å². The average molecular weight is 309 g/mol. The maximum absolute atomic E-state index is 13.2. The first-order chi connectivity index (χ1) is 9.95. The zero-order valence-corrected chi connectivity index (χ0v) is 11.8. The molecule has 2 rings (SSSR count). The lowest BCUT2D eigenvalue weighted by Gasteiger charge is -2.06. The summed E-state index contributed by atoms with van der Waals surface area (Å²) in [6.45, 7) is 0. The molecule has 0 fully saturated rings. The molecule has 2 aromatic carbocycles. The Morgan fingerprint density at radius 2 is 1.76 bits per heavy atom. The highest BCUT2D eigenvalue weighted by molar-refractivity contribution is 7.84. The van der Waals surface area contributed by atoms with Crippen molar-refractivity contribution in [2.45, 2.75) is 5.75 Å². The first-order valence-electron chi connectivity index (χ1n) is 6.13. The van der Waals surface area contributed by atoms with Crippen LogP contribution in [0.3, 0.4) is 0 Å². The van der Waals surface area contributed by atoms with Gasteiger partial charge in [-0.05, 0) is 28.8 Å². The average Bonchev–Trinajstić information content (AvgIpc) is 2.41. The summed E-state index contributed by atoms with van der Waals surface area (Å²) >= 11 is 0. The van der Waals surface area contributed by atoms with Crippen molar-refractivity contribution in [2.75, 3.05) is 5.75 Å². The number of hydrogen-bond donors (Lipinski definition) is 1. The number of benzene rings is 2. The van der Waals surface area contributed by atoms with E-state index in [4.69, 9.17) is 5.73 Å². The fourth-order valence-corrected chi connectivity index (χ4v) is 2.88. The van der Waals surface area contributed by atoms with Gasteiger partial charge < -0.3 is 5.73 Å². The summed E-state index contributed by atoms with van der Waals surface area (Å²) in [5, 5.41) is 0. The van der Waals surface area contributed by atoms with Crippen LogP contribution in [0.5, 0.6) is 0 Å². The maximum Gasteiger partial charge on any atom is 0.230 e. The Kier molecular flexibility index (Phi) is 4.80. The van der Waals surface area contributed by atoms with E-state index in [0.29, 0.717) is 11.1 Å². The highest BCUT2D eigenvalue weighted by Gasteiger charge is 2.08. The van der Waals surface area contributed by atoms with Gasteiger partial charge in [0.05, 0.1) is 0 Å². The fraction of sp³-hybridized carbons (Fsp3) is 0.133. The molecule has 0 unspecified atom stereocenters. The van der Waals surface area contributed by atoms with Crippen molar-refractivity contribution in [1.29, 1.82) is 0 Å². The van der Waals surface area contributed by atoms with Gasteiger partial charge in [0.1, 0.15) is 5.75 Å². The SMILES string of the molecule is NC(=O)C[S@](=O)Cc1cccc(-c2ccc(F)c(F)c2)c1. The van der Waals surface area contributed by atoms with Crippen molar-refractivity contribution in [2.24, 2.45) is 5.73 Å². The third-order valence-corrected chi connectivity index (χ3v) is 4.07. The number of hydrogen-bond acceptors (Lipinski definition) is 2. The zero-order valence-electron chi connectivity index (χ0n) is 11.0. The topological polar surface area (TPSA) is 60.2 Å². The number of nitrogens with two attached hydrogens (primary N) is 1. The lowest BCUT2D eigenvalue weighted by Crippen LogP contribution is -2.20. The molecule has 0 spiro atoms. The Morgan fingerprint density at radius 3 is 2.43 bits per heavy atom. The van der Waals surface area contributed by atoms with Gasteiger partial charge in [0.25, 0.3) is 0 Å². The van der Waals surface area contributed by atoms with Crippen LogP contribution in [0, 0.1) is 11.6 Å². The monoisotopic (exact) mass is 309 g/mol. The molecule has 0 aliphatic carbocycles. The predicted octanol–water partition coefficient (Wildman–Crippen LogP) is 2.37. The number of carbonyl (C=O) groups is 1. The minimum Gasteiger partial charge on any atom is -0.369 e. The van der Waals surface area contributed by atoms with Gasteiger partial charge in [-0.15, -0.1) is 0 Å². The van der Waals surface area contributed by atoms with Crippen LogP contribution in [0.25, 0.3) is 11.1 Å². The molecule has 2 aromatic rings. The van der Waals surface area contributed by atoms with E-state index in [1.807, 2.05) is 0 Å². The third-order valence-electron chi connectivity index (χ3n) is 2.81. The Balaban J connectivity index is 2.23. The number of amides is 1. The Labute approximate surface area is 123 Å². The highest BCUT2D eigenvalue weighted by Crippen LogP contribution is 2.23. The largest absolute Gasteiger partial charge is 0.369 e. The van der Waals surface area contributed by atoms with Crippen molar-refractivity contribution in [3.8, 4) is 11.1 Å². The summed E-state index contributed by atoms with van der Waals surface area (Å²) in [6, 6.07) is 10.6. The van der Waals surface area contributed by atoms with Gasteiger partial charge in [-0.2, -0.15) is 0 Å². The van der Waals surface area contributed by atoms with Gasteiger partial charge in [0.2, 0.25) is 5.91 Å². The van der Waals surface area contributed by atoms with Crippen molar-refractivity contribution in [1.82, 2.24) is 0 Å². The molecule has 21 heavy (non-hydrogen) atoms. The molecule has 3 nitrogen and oxygen atoms in total. The molecule has 110 valence electrons. The van der Waals surface area contributed by atoms with E-state index in [9.17, 15) is 17.8 Å². The summed E-state index contributed by atoms with van der Waals surface area (Å²) < 4.78 is 37.8. The van der Waals surface area contributed by atoms with E-state index in [0.717, 1.165) is 17.7 Å². The van der Waals surface area contributed by atoms with Crippen LogP contribution < -0.4 is 5.73 Å². The van der Waals surface area contributed by atoms with E-state index in [-0.39, 0.29) is 11.5 Å². The Hall–Kier alpha value is -2.08. The van der Waals surface area contributed by atoms with E-state index >= 15 is 0 Å². The number of carbonyl (C=O) groups excluding carboxylic acids is 1. The van der Waals surface area contributed by atoms with E-state index < -0.39 is 28.3 Å². The lowest BCUT2D eigenvalue weighted by molar-refractivity contribution is -0.115. The molecule has 0 aromatic heterocycles. The molecule has 2 N–H and O–H groups in total. The molecular weight excluding hydrogens is 296 g/mol. The maximum atomic E-state index is 13.2. The quantitative estimate of drug-likeness (QED) is 0.921. The minimum atomic E-state index is -1.38. The van der Waals surface area contributed by atoms with Gasteiger partial charge in [0, 0.05) is 16.6 Å². The van der Waals surface area contributed by atoms with Crippen LogP contribution >= 0.6 is 0 Å². The molecule has 0 saturated heterocycles. The normalized spacial score (nSPS) is 12.1. The second-order valence-corrected chi connectivity index (χ2v) is 5.98. The summed E-state index contributed by atoms with van der Waals surface area (Å²) in [7, 11) is -1.38. The lowest BCUT2D eigenvalue weighted by atomic mass is 10.0. The van der Waals surface area contributed by atoms with Gasteiger partial charge in [-0.25, -0.2) is 8.78 Å². The predicted molar refractivity (Wildman–Crippen MR) is 77.7 cm³/mol. The molecule has 1 amide bonds. The first-order valence-corrected chi connectivity index (χ1v) is 7.62. The van der Waals surface area contributed by atoms with Crippen molar-refractivity contribution in [3.63, 3.8) is 0 Å². The molecule has 0 aliphatic rings. The number of halogens is 2. The summed E-state index contributed by atoms with van der Waals surface area (Å²) in [5.74, 6) is -2.46. The van der Waals surface area contributed by atoms with E-state index in [1.54, 1.807) is 24.3 Å². The fourth-order valence-electron chi connectivity index (χ4n) is 1.91. The second-order valence-electron chi connectivity index (χ2n) is 4.52. The molecule has 0 saturated carbocycles. The van der Waals surface area contributed by atoms with Gasteiger partial charge >= 0.3 is 0 Å². The van der Waals surface area contributed by atoms with Gasteiger partial charge in [0.15, 0.2) is 11.6 Å². The van der Waals surface area contributed by atoms with Crippen LogP contribution in [-0.4, -0.2) is 15.9 Å². The minimum absolute atomic E-state index is 0.181. The highest BCUT2D eigenvalue weighted by atomic mass is 32.2. The molecule has 0 radical (unpaired) electrons. The Bertz CT molecular complexity index is 704. The van der Waals surface area contributed by atoms with Crippen LogP contribution in [0.15, 0.2) is 42.5 Å². The molecule has 6 heteroatoms. The third kappa shape index (κ3) is 4.19. The van der Waals surface area contributed by atoms with Crippen LogP contribution in [0.4, 0.5) is 8.78 Å². The summed E-state index contributed by atoms with van der Waals surface area (Å²) in [6.07, 6.45) is 0. The first kappa shape index (κ1) is 15.3. The molecule has 1 atom stereocenters.